The number of unbranched alkanes of at least 4 members (excludes halogenated alkanes) is 2. The van der Waals surface area contributed by atoms with Crippen molar-refractivity contribution in [3.05, 3.63) is 119 Å². The molecule has 2 heterocycles. The first-order valence-corrected chi connectivity index (χ1v) is 14.9. The summed E-state index contributed by atoms with van der Waals surface area (Å²) in [5.41, 5.74) is 5.36. The normalized spacial score (nSPS) is 11.2. The van der Waals surface area contributed by atoms with Gasteiger partial charge in [-0.2, -0.15) is 0 Å². The van der Waals surface area contributed by atoms with Crippen LogP contribution in [0.25, 0.3) is 33.4 Å². The molecule has 0 bridgehead atoms. The second-order valence-electron chi connectivity index (χ2n) is 11.0. The molecule has 45 heavy (non-hydrogen) atoms. The lowest BCUT2D eigenvalue weighted by Crippen LogP contribution is -2.32. The lowest BCUT2D eigenvalue weighted by molar-refractivity contribution is 0.0986. The van der Waals surface area contributed by atoms with Gasteiger partial charge in [-0.25, -0.2) is 9.67 Å². The van der Waals surface area contributed by atoms with Gasteiger partial charge in [-0.3, -0.25) is 14.2 Å². The van der Waals surface area contributed by atoms with Crippen molar-refractivity contribution in [1.29, 1.82) is 0 Å². The van der Waals surface area contributed by atoms with Crippen molar-refractivity contribution in [2.24, 2.45) is 7.05 Å². The standard InChI is InChI=1S/C35H33N7O3/c1-3-4-7-20-42(34(44)26-14-17-28(43)18-15-26)27-16-19-32-31(21-27)35(45)41(23-36-32)22-24-10-12-25(13-11-24)29-8-5-6-9-30(29)33-37-38-39-40(33)2/h5-6,8-19,21,23,43H,3-4,7,20,22H2,1-2H3. The van der Waals surface area contributed by atoms with Gasteiger partial charge in [0.15, 0.2) is 5.82 Å². The van der Waals surface area contributed by atoms with Crippen molar-refractivity contribution in [2.75, 3.05) is 11.4 Å². The maximum atomic E-state index is 13.7. The van der Waals surface area contributed by atoms with Gasteiger partial charge in [-0.15, -0.1) is 5.10 Å². The molecule has 1 N–H and O–H groups in total. The number of amides is 1. The molecule has 0 spiro atoms. The van der Waals surface area contributed by atoms with Gasteiger partial charge in [-0.1, -0.05) is 68.3 Å². The van der Waals surface area contributed by atoms with Crippen molar-refractivity contribution >= 4 is 22.5 Å². The monoisotopic (exact) mass is 599 g/mol. The summed E-state index contributed by atoms with van der Waals surface area (Å²) in [5, 5.41) is 22.0. The van der Waals surface area contributed by atoms with Gasteiger partial charge in [-0.05, 0) is 76.0 Å². The average molecular weight is 600 g/mol. The molecule has 226 valence electrons. The number of benzene rings is 4. The van der Waals surface area contributed by atoms with Gasteiger partial charge >= 0.3 is 0 Å². The molecule has 0 aliphatic rings. The summed E-state index contributed by atoms with van der Waals surface area (Å²) < 4.78 is 3.23. The first-order valence-electron chi connectivity index (χ1n) is 14.9. The molecule has 0 saturated carbocycles. The van der Waals surface area contributed by atoms with E-state index in [1.165, 1.54) is 12.1 Å². The van der Waals surface area contributed by atoms with Crippen LogP contribution in [0.2, 0.25) is 0 Å². The summed E-state index contributed by atoms with van der Waals surface area (Å²) in [6.45, 7) is 2.96. The Labute approximate surface area is 260 Å². The summed E-state index contributed by atoms with van der Waals surface area (Å²) in [6, 6.07) is 27.6. The van der Waals surface area contributed by atoms with E-state index in [1.807, 2.05) is 61.6 Å². The highest BCUT2D eigenvalue weighted by Crippen LogP contribution is 2.30. The fourth-order valence-electron chi connectivity index (χ4n) is 5.43. The van der Waals surface area contributed by atoms with E-state index in [-0.39, 0.29) is 17.2 Å². The van der Waals surface area contributed by atoms with Crippen LogP contribution >= 0.6 is 0 Å². The minimum Gasteiger partial charge on any atom is -0.508 e. The molecule has 0 radical (unpaired) electrons. The number of fused-ring (bicyclic) bond motifs is 1. The van der Waals surface area contributed by atoms with Crippen LogP contribution in [0.1, 0.15) is 42.1 Å². The van der Waals surface area contributed by atoms with E-state index in [4.69, 9.17) is 0 Å². The predicted molar refractivity (Wildman–Crippen MR) is 174 cm³/mol. The molecule has 6 rings (SSSR count). The highest BCUT2D eigenvalue weighted by atomic mass is 16.3. The van der Waals surface area contributed by atoms with E-state index in [1.54, 1.807) is 44.7 Å². The molecule has 10 heteroatoms. The number of carbonyl (C=O) groups excluding carboxylic acids is 1. The van der Waals surface area contributed by atoms with E-state index in [0.29, 0.717) is 41.1 Å². The van der Waals surface area contributed by atoms with Crippen LogP contribution < -0.4 is 10.5 Å². The lowest BCUT2D eigenvalue weighted by atomic mass is 9.98. The second kappa shape index (κ2) is 12.9. The molecule has 2 aromatic heterocycles. The Morgan fingerprint density at radius 1 is 0.911 bits per heavy atom. The molecule has 6 aromatic rings. The van der Waals surface area contributed by atoms with Gasteiger partial charge in [0, 0.05) is 30.4 Å². The number of aryl methyl sites for hydroxylation is 1. The number of anilines is 1. The van der Waals surface area contributed by atoms with E-state index in [2.05, 4.69) is 27.4 Å². The quantitative estimate of drug-likeness (QED) is 0.196. The van der Waals surface area contributed by atoms with Gasteiger partial charge in [0.2, 0.25) is 0 Å². The number of aromatic hydroxyl groups is 1. The van der Waals surface area contributed by atoms with E-state index >= 15 is 0 Å². The molecule has 0 aliphatic heterocycles. The second-order valence-corrected chi connectivity index (χ2v) is 11.0. The Balaban J connectivity index is 1.28. The minimum absolute atomic E-state index is 0.0976. The van der Waals surface area contributed by atoms with Crippen molar-refractivity contribution in [3.63, 3.8) is 0 Å². The van der Waals surface area contributed by atoms with Gasteiger partial charge in [0.25, 0.3) is 11.5 Å². The lowest BCUT2D eigenvalue weighted by Gasteiger charge is -2.23. The Kier molecular flexibility index (Phi) is 8.45. The molecule has 0 saturated heterocycles. The van der Waals surface area contributed by atoms with Crippen LogP contribution in [0.3, 0.4) is 0 Å². The molecule has 0 fully saturated rings. The number of aromatic nitrogens is 6. The van der Waals surface area contributed by atoms with Crippen molar-refractivity contribution in [3.8, 4) is 28.3 Å². The number of rotatable bonds is 10. The highest BCUT2D eigenvalue weighted by Gasteiger charge is 2.19. The minimum atomic E-state index is -0.188. The fraction of sp³-hybridized carbons (Fsp3) is 0.200. The predicted octanol–water partition coefficient (Wildman–Crippen LogP) is 5.84. The third-order valence-corrected chi connectivity index (χ3v) is 7.87. The van der Waals surface area contributed by atoms with Crippen LogP contribution in [0.5, 0.6) is 5.75 Å². The molecule has 0 aliphatic carbocycles. The zero-order valence-electron chi connectivity index (χ0n) is 25.2. The summed E-state index contributed by atoms with van der Waals surface area (Å²) in [7, 11) is 1.81. The summed E-state index contributed by atoms with van der Waals surface area (Å²) in [4.78, 5) is 33.5. The largest absolute Gasteiger partial charge is 0.508 e. The maximum absolute atomic E-state index is 13.7. The van der Waals surface area contributed by atoms with Crippen LogP contribution in [-0.2, 0) is 13.6 Å². The fourth-order valence-corrected chi connectivity index (χ4v) is 5.43. The van der Waals surface area contributed by atoms with Crippen molar-refractivity contribution < 1.29 is 9.90 Å². The van der Waals surface area contributed by atoms with Crippen molar-refractivity contribution in [1.82, 2.24) is 29.8 Å². The Bertz CT molecular complexity index is 2010. The van der Waals surface area contributed by atoms with Gasteiger partial charge in [0.05, 0.1) is 23.8 Å². The van der Waals surface area contributed by atoms with Crippen LogP contribution in [0.4, 0.5) is 5.69 Å². The van der Waals surface area contributed by atoms with Crippen LogP contribution in [0.15, 0.2) is 102 Å². The Hall–Kier alpha value is -5.64. The van der Waals surface area contributed by atoms with Crippen LogP contribution in [-0.4, -0.2) is 47.3 Å². The number of hydrogen-bond donors (Lipinski definition) is 1. The van der Waals surface area contributed by atoms with E-state index < -0.39 is 0 Å². The number of nitrogens with zero attached hydrogens (tertiary/aromatic N) is 7. The van der Waals surface area contributed by atoms with E-state index in [9.17, 15) is 14.7 Å². The zero-order valence-corrected chi connectivity index (χ0v) is 25.2. The summed E-state index contributed by atoms with van der Waals surface area (Å²) in [6.07, 6.45) is 4.38. The topological polar surface area (TPSA) is 119 Å². The third kappa shape index (κ3) is 6.21. The molecule has 10 nitrogen and oxygen atoms in total. The number of tetrazole rings is 1. The molecule has 1 amide bonds. The highest BCUT2D eigenvalue weighted by molar-refractivity contribution is 6.07. The zero-order chi connectivity index (χ0) is 31.3. The van der Waals surface area contributed by atoms with Gasteiger partial charge < -0.3 is 10.0 Å². The van der Waals surface area contributed by atoms with Crippen LogP contribution in [0, 0.1) is 0 Å². The first-order chi connectivity index (χ1) is 21.9. The van der Waals surface area contributed by atoms with E-state index in [0.717, 1.165) is 41.5 Å². The van der Waals surface area contributed by atoms with Gasteiger partial charge in [0.1, 0.15) is 5.75 Å². The smallest absolute Gasteiger partial charge is 0.261 e. The average Bonchev–Trinajstić information content (AvgIpc) is 3.50. The number of carbonyl (C=O) groups is 1. The molecule has 0 unspecified atom stereocenters. The molecular weight excluding hydrogens is 566 g/mol. The maximum Gasteiger partial charge on any atom is 0.261 e. The molecule has 4 aromatic carbocycles. The summed E-state index contributed by atoms with van der Waals surface area (Å²) in [5.74, 6) is 0.587. The van der Waals surface area contributed by atoms with Crippen molar-refractivity contribution in [2.45, 2.75) is 32.7 Å². The number of phenolic OH excluding ortho intramolecular Hbond substituents is 1. The first kappa shape index (κ1) is 29.4. The number of hydrogen-bond acceptors (Lipinski definition) is 7. The summed E-state index contributed by atoms with van der Waals surface area (Å²) >= 11 is 0. The Morgan fingerprint density at radius 3 is 2.38 bits per heavy atom. The molecule has 0 atom stereocenters. The number of phenols is 1. The molecular formula is C35H33N7O3. The Morgan fingerprint density at radius 2 is 1.67 bits per heavy atom. The third-order valence-electron chi connectivity index (χ3n) is 7.87. The SMILES string of the molecule is CCCCCN(C(=O)c1ccc(O)cc1)c1ccc2ncn(Cc3ccc(-c4ccccc4-c4nnnn4C)cc3)c(=O)c2c1.